The van der Waals surface area contributed by atoms with E-state index in [2.05, 4.69) is 28.3 Å². The Hall–Kier alpha value is -1.72. The van der Waals surface area contributed by atoms with E-state index in [0.29, 0.717) is 18.4 Å². The maximum atomic E-state index is 12.1. The molecule has 0 bridgehead atoms. The SMILES string of the molecule is CN1CC[C@@H](CNC(=O)Cc2cccs2)[C@@H]1c1cccnc1. The summed E-state index contributed by atoms with van der Waals surface area (Å²) in [5.41, 5.74) is 1.24. The van der Waals surface area contributed by atoms with Crippen LogP contribution < -0.4 is 5.32 Å². The van der Waals surface area contributed by atoms with E-state index in [0.717, 1.165) is 24.4 Å². The molecule has 1 aliphatic heterocycles. The number of nitrogens with one attached hydrogen (secondary N) is 1. The first kappa shape index (κ1) is 15.2. The van der Waals surface area contributed by atoms with Crippen LogP contribution >= 0.6 is 11.3 Å². The molecule has 3 heterocycles. The molecule has 1 amide bonds. The number of hydrogen-bond acceptors (Lipinski definition) is 4. The first-order chi connectivity index (χ1) is 10.7. The van der Waals surface area contributed by atoms with E-state index in [1.54, 1.807) is 17.5 Å². The zero-order valence-electron chi connectivity index (χ0n) is 12.7. The molecule has 5 heteroatoms. The molecule has 0 unspecified atom stereocenters. The summed E-state index contributed by atoms with van der Waals surface area (Å²) in [4.78, 5) is 19.8. The minimum atomic E-state index is 0.113. The van der Waals surface area contributed by atoms with Crippen LogP contribution in [-0.2, 0) is 11.2 Å². The van der Waals surface area contributed by atoms with E-state index >= 15 is 0 Å². The van der Waals surface area contributed by atoms with Gasteiger partial charge < -0.3 is 5.32 Å². The molecule has 1 fully saturated rings. The summed E-state index contributed by atoms with van der Waals surface area (Å²) in [6, 6.07) is 8.44. The molecule has 4 nitrogen and oxygen atoms in total. The number of carbonyl (C=O) groups is 1. The van der Waals surface area contributed by atoms with Crippen molar-refractivity contribution in [3.05, 3.63) is 52.5 Å². The molecule has 0 aromatic carbocycles. The summed E-state index contributed by atoms with van der Waals surface area (Å²) in [5, 5.41) is 5.11. The topological polar surface area (TPSA) is 45.2 Å². The van der Waals surface area contributed by atoms with Crippen molar-refractivity contribution in [2.45, 2.75) is 18.9 Å². The predicted octanol–water partition coefficient (Wildman–Crippen LogP) is 2.49. The quantitative estimate of drug-likeness (QED) is 0.922. The normalized spacial score (nSPS) is 21.9. The van der Waals surface area contributed by atoms with Gasteiger partial charge in [-0.25, -0.2) is 0 Å². The number of nitrogens with zero attached hydrogens (tertiary/aromatic N) is 2. The summed E-state index contributed by atoms with van der Waals surface area (Å²) in [6.07, 6.45) is 5.33. The highest BCUT2D eigenvalue weighted by Gasteiger charge is 2.33. The Morgan fingerprint density at radius 2 is 2.36 bits per heavy atom. The van der Waals surface area contributed by atoms with E-state index in [1.807, 2.05) is 29.8 Å². The van der Waals surface area contributed by atoms with Gasteiger partial charge in [0.15, 0.2) is 0 Å². The molecule has 0 spiro atoms. The van der Waals surface area contributed by atoms with Gasteiger partial charge in [-0.05, 0) is 49.0 Å². The Labute approximate surface area is 135 Å². The van der Waals surface area contributed by atoms with Crippen molar-refractivity contribution >= 4 is 17.2 Å². The maximum Gasteiger partial charge on any atom is 0.225 e. The van der Waals surface area contributed by atoms with Crippen molar-refractivity contribution in [3.63, 3.8) is 0 Å². The van der Waals surface area contributed by atoms with Crippen LogP contribution in [0.5, 0.6) is 0 Å². The predicted molar refractivity (Wildman–Crippen MR) is 88.7 cm³/mol. The molecule has 0 aliphatic carbocycles. The highest BCUT2D eigenvalue weighted by Crippen LogP contribution is 2.35. The largest absolute Gasteiger partial charge is 0.355 e. The van der Waals surface area contributed by atoms with Crippen molar-refractivity contribution in [1.82, 2.24) is 15.2 Å². The van der Waals surface area contributed by atoms with Crippen LogP contribution in [0, 0.1) is 5.92 Å². The first-order valence-corrected chi connectivity index (χ1v) is 8.51. The van der Waals surface area contributed by atoms with Gasteiger partial charge in [-0.1, -0.05) is 12.1 Å². The molecule has 22 heavy (non-hydrogen) atoms. The van der Waals surface area contributed by atoms with Gasteiger partial charge in [0, 0.05) is 29.9 Å². The molecule has 0 saturated carbocycles. The fraction of sp³-hybridized carbons (Fsp3) is 0.412. The number of likely N-dealkylation sites (tertiary alicyclic amines) is 1. The second-order valence-corrected chi connectivity index (χ2v) is 6.85. The van der Waals surface area contributed by atoms with Crippen molar-refractivity contribution in [1.29, 1.82) is 0 Å². The third kappa shape index (κ3) is 3.54. The Bertz CT molecular complexity index is 600. The molecule has 1 saturated heterocycles. The zero-order chi connectivity index (χ0) is 15.4. The number of carbonyl (C=O) groups excluding carboxylic acids is 1. The molecule has 1 N–H and O–H groups in total. The van der Waals surface area contributed by atoms with Crippen LogP contribution in [0.1, 0.15) is 22.9 Å². The first-order valence-electron chi connectivity index (χ1n) is 7.63. The highest BCUT2D eigenvalue weighted by atomic mass is 32.1. The Morgan fingerprint density at radius 3 is 3.09 bits per heavy atom. The summed E-state index contributed by atoms with van der Waals surface area (Å²) in [5.74, 6) is 0.559. The lowest BCUT2D eigenvalue weighted by Crippen LogP contribution is -2.33. The fourth-order valence-electron chi connectivity index (χ4n) is 3.20. The van der Waals surface area contributed by atoms with E-state index in [-0.39, 0.29) is 5.91 Å². The molecule has 1 aliphatic rings. The average molecular weight is 315 g/mol. The molecule has 2 aromatic rings. The van der Waals surface area contributed by atoms with Gasteiger partial charge in [0.2, 0.25) is 5.91 Å². The third-order valence-electron chi connectivity index (χ3n) is 4.28. The van der Waals surface area contributed by atoms with Crippen LogP contribution in [0.4, 0.5) is 0 Å². The molecular weight excluding hydrogens is 294 g/mol. The van der Waals surface area contributed by atoms with Crippen LogP contribution in [0.25, 0.3) is 0 Å². The van der Waals surface area contributed by atoms with E-state index in [1.165, 1.54) is 5.56 Å². The van der Waals surface area contributed by atoms with Gasteiger partial charge in [-0.2, -0.15) is 0 Å². The van der Waals surface area contributed by atoms with Crippen LogP contribution in [0.3, 0.4) is 0 Å². The van der Waals surface area contributed by atoms with Crippen molar-refractivity contribution in [2.75, 3.05) is 20.1 Å². The molecule has 3 rings (SSSR count). The lowest BCUT2D eigenvalue weighted by Gasteiger charge is -2.25. The van der Waals surface area contributed by atoms with Gasteiger partial charge in [0.1, 0.15) is 0 Å². The van der Waals surface area contributed by atoms with Gasteiger partial charge in [0.25, 0.3) is 0 Å². The van der Waals surface area contributed by atoms with Gasteiger partial charge >= 0.3 is 0 Å². The van der Waals surface area contributed by atoms with E-state index < -0.39 is 0 Å². The van der Waals surface area contributed by atoms with Crippen molar-refractivity contribution < 1.29 is 4.79 Å². The van der Waals surface area contributed by atoms with Gasteiger partial charge in [-0.15, -0.1) is 11.3 Å². The number of amides is 1. The van der Waals surface area contributed by atoms with Crippen LogP contribution in [-0.4, -0.2) is 35.9 Å². The minimum Gasteiger partial charge on any atom is -0.355 e. The summed E-state index contributed by atoms with van der Waals surface area (Å²) in [6.45, 7) is 1.79. The number of aromatic nitrogens is 1. The molecule has 0 radical (unpaired) electrons. The smallest absolute Gasteiger partial charge is 0.225 e. The number of thiophene rings is 1. The van der Waals surface area contributed by atoms with E-state index in [4.69, 9.17) is 0 Å². The monoisotopic (exact) mass is 315 g/mol. The summed E-state index contributed by atoms with van der Waals surface area (Å²) in [7, 11) is 2.14. The van der Waals surface area contributed by atoms with Gasteiger partial charge in [0.05, 0.1) is 6.42 Å². The minimum absolute atomic E-state index is 0.113. The molecule has 2 atom stereocenters. The molecule has 2 aromatic heterocycles. The number of rotatable bonds is 5. The molecule has 116 valence electrons. The van der Waals surface area contributed by atoms with Crippen LogP contribution in [0.15, 0.2) is 42.0 Å². The fourth-order valence-corrected chi connectivity index (χ4v) is 3.90. The number of hydrogen-bond donors (Lipinski definition) is 1. The van der Waals surface area contributed by atoms with Gasteiger partial charge in [-0.3, -0.25) is 14.7 Å². The second-order valence-electron chi connectivity index (χ2n) is 5.82. The average Bonchev–Trinajstić information content (AvgIpc) is 3.16. The standard InChI is InChI=1S/C17H21N3OS/c1-20-8-6-14(17(20)13-4-2-7-18-11-13)12-19-16(21)10-15-5-3-9-22-15/h2-5,7,9,11,14,17H,6,8,10,12H2,1H3,(H,19,21)/t14-,17-/m0/s1. The van der Waals surface area contributed by atoms with E-state index in [9.17, 15) is 4.79 Å². The second kappa shape index (κ2) is 7.03. The van der Waals surface area contributed by atoms with Crippen molar-refractivity contribution in [3.8, 4) is 0 Å². The summed E-state index contributed by atoms with van der Waals surface area (Å²) >= 11 is 1.63. The maximum absolute atomic E-state index is 12.1. The Morgan fingerprint density at radius 1 is 1.45 bits per heavy atom. The zero-order valence-corrected chi connectivity index (χ0v) is 13.6. The van der Waals surface area contributed by atoms with Crippen LogP contribution in [0.2, 0.25) is 0 Å². The third-order valence-corrected chi connectivity index (χ3v) is 5.15. The molecular formula is C17H21N3OS. The van der Waals surface area contributed by atoms with Crippen molar-refractivity contribution in [2.24, 2.45) is 5.92 Å². The Balaban J connectivity index is 1.58. The highest BCUT2D eigenvalue weighted by molar-refractivity contribution is 7.10. The summed E-state index contributed by atoms with van der Waals surface area (Å²) < 4.78 is 0. The lowest BCUT2D eigenvalue weighted by atomic mass is 9.95. The lowest BCUT2D eigenvalue weighted by molar-refractivity contribution is -0.120. The Kier molecular flexibility index (Phi) is 4.85. The number of pyridine rings is 1.